The molecule has 1 aromatic heterocycles. The minimum Gasteiger partial charge on any atom is -0.308 e. The molecule has 1 aliphatic rings. The lowest BCUT2D eigenvalue weighted by Gasteiger charge is -2.22. The van der Waals surface area contributed by atoms with E-state index in [1.165, 1.54) is 29.5 Å². The lowest BCUT2D eigenvalue weighted by Crippen LogP contribution is -2.37. The highest BCUT2D eigenvalue weighted by Gasteiger charge is 2.30. The predicted molar refractivity (Wildman–Crippen MR) is 101 cm³/mol. The standard InChI is InChI=1S/C20H18FN3OS/c1-14-11-15-5-2-3-8-18(15)24(14)19(25)13-26-20-22-9-10-23(20)17-7-4-6-16(21)12-17/h2-10,12,14H,11,13H2,1H3. The molecular formula is C20H18FN3OS. The van der Waals surface area contributed by atoms with Gasteiger partial charge in [-0.1, -0.05) is 36.0 Å². The lowest BCUT2D eigenvalue weighted by molar-refractivity contribution is -0.116. The number of imidazole rings is 1. The van der Waals surface area contributed by atoms with Gasteiger partial charge in [0.15, 0.2) is 5.16 Å². The fraction of sp³-hybridized carbons (Fsp3) is 0.200. The molecule has 2 heterocycles. The Morgan fingerprint density at radius 2 is 2.12 bits per heavy atom. The molecule has 1 atom stereocenters. The van der Waals surface area contributed by atoms with Gasteiger partial charge in [-0.3, -0.25) is 9.36 Å². The van der Waals surface area contributed by atoms with Crippen LogP contribution in [0.15, 0.2) is 66.1 Å². The van der Waals surface area contributed by atoms with E-state index in [2.05, 4.69) is 18.0 Å². The van der Waals surface area contributed by atoms with Crippen LogP contribution in [0.4, 0.5) is 10.1 Å². The zero-order chi connectivity index (χ0) is 18.1. The molecule has 0 aliphatic carbocycles. The average Bonchev–Trinajstić information content (AvgIpc) is 3.23. The van der Waals surface area contributed by atoms with E-state index in [0.717, 1.165) is 12.1 Å². The molecular weight excluding hydrogens is 349 g/mol. The van der Waals surface area contributed by atoms with E-state index in [9.17, 15) is 9.18 Å². The fourth-order valence-corrected chi connectivity index (χ4v) is 4.19. The van der Waals surface area contributed by atoms with Gasteiger partial charge in [-0.2, -0.15) is 0 Å². The van der Waals surface area contributed by atoms with Crippen molar-refractivity contribution in [1.29, 1.82) is 0 Å². The molecule has 6 heteroatoms. The number of carbonyl (C=O) groups excluding carboxylic acids is 1. The maximum absolute atomic E-state index is 13.5. The van der Waals surface area contributed by atoms with E-state index in [-0.39, 0.29) is 23.5 Å². The second-order valence-electron chi connectivity index (χ2n) is 6.29. The number of hydrogen-bond acceptors (Lipinski definition) is 3. The molecule has 1 aliphatic heterocycles. The van der Waals surface area contributed by atoms with Crippen LogP contribution in [0.3, 0.4) is 0 Å². The van der Waals surface area contributed by atoms with Crippen molar-refractivity contribution in [3.8, 4) is 5.69 Å². The van der Waals surface area contributed by atoms with Crippen LogP contribution in [-0.2, 0) is 11.2 Å². The third-order valence-corrected chi connectivity index (χ3v) is 5.45. The summed E-state index contributed by atoms with van der Waals surface area (Å²) >= 11 is 1.36. The Bertz CT molecular complexity index is 955. The van der Waals surface area contributed by atoms with Crippen LogP contribution in [0, 0.1) is 5.82 Å². The van der Waals surface area contributed by atoms with Crippen molar-refractivity contribution in [2.45, 2.75) is 24.5 Å². The molecule has 0 radical (unpaired) electrons. The molecule has 3 aromatic rings. The highest BCUT2D eigenvalue weighted by Crippen LogP contribution is 2.33. The van der Waals surface area contributed by atoms with Crippen molar-refractivity contribution in [2.75, 3.05) is 10.7 Å². The second-order valence-corrected chi connectivity index (χ2v) is 7.24. The van der Waals surface area contributed by atoms with Crippen LogP contribution in [0.25, 0.3) is 5.69 Å². The Labute approximate surface area is 155 Å². The summed E-state index contributed by atoms with van der Waals surface area (Å²) in [5, 5.41) is 0.670. The van der Waals surface area contributed by atoms with E-state index in [0.29, 0.717) is 10.8 Å². The average molecular weight is 367 g/mol. The zero-order valence-electron chi connectivity index (χ0n) is 14.3. The van der Waals surface area contributed by atoms with E-state index < -0.39 is 0 Å². The van der Waals surface area contributed by atoms with Gasteiger partial charge in [-0.15, -0.1) is 0 Å². The van der Waals surface area contributed by atoms with Crippen LogP contribution >= 0.6 is 11.8 Å². The highest BCUT2D eigenvalue weighted by molar-refractivity contribution is 7.99. The first kappa shape index (κ1) is 16.8. The van der Waals surface area contributed by atoms with E-state index >= 15 is 0 Å². The molecule has 4 rings (SSSR count). The van der Waals surface area contributed by atoms with Crippen LogP contribution in [0.5, 0.6) is 0 Å². The van der Waals surface area contributed by atoms with Crippen LogP contribution in [-0.4, -0.2) is 27.3 Å². The summed E-state index contributed by atoms with van der Waals surface area (Å²) in [5.74, 6) is 0.0392. The molecule has 0 bridgehead atoms. The number of benzene rings is 2. The highest BCUT2D eigenvalue weighted by atomic mass is 32.2. The molecule has 1 unspecified atom stereocenters. The number of hydrogen-bond donors (Lipinski definition) is 0. The Hall–Kier alpha value is -2.60. The van der Waals surface area contributed by atoms with E-state index in [1.807, 2.05) is 29.2 Å². The molecule has 132 valence electrons. The number of halogens is 1. The maximum atomic E-state index is 13.5. The molecule has 26 heavy (non-hydrogen) atoms. The number of nitrogens with zero attached hydrogens (tertiary/aromatic N) is 3. The minimum atomic E-state index is -0.300. The molecule has 4 nitrogen and oxygen atoms in total. The second kappa shape index (κ2) is 6.96. The van der Waals surface area contributed by atoms with Gasteiger partial charge in [-0.05, 0) is 43.2 Å². The number of fused-ring (bicyclic) bond motifs is 1. The van der Waals surface area contributed by atoms with Gasteiger partial charge in [0.25, 0.3) is 0 Å². The van der Waals surface area contributed by atoms with E-state index in [4.69, 9.17) is 0 Å². The molecule has 0 spiro atoms. The lowest BCUT2D eigenvalue weighted by atomic mass is 10.1. The molecule has 0 N–H and O–H groups in total. The Kier molecular flexibility index (Phi) is 4.51. The molecule has 2 aromatic carbocycles. The molecule has 1 amide bonds. The number of amides is 1. The first-order valence-electron chi connectivity index (χ1n) is 8.45. The smallest absolute Gasteiger partial charge is 0.237 e. The zero-order valence-corrected chi connectivity index (χ0v) is 15.1. The SMILES string of the molecule is CC1Cc2ccccc2N1C(=O)CSc1nccn1-c1cccc(F)c1. The van der Waals surface area contributed by atoms with Gasteiger partial charge >= 0.3 is 0 Å². The fourth-order valence-electron chi connectivity index (χ4n) is 3.36. The van der Waals surface area contributed by atoms with E-state index in [1.54, 1.807) is 23.0 Å². The Morgan fingerprint density at radius 3 is 2.96 bits per heavy atom. The van der Waals surface area contributed by atoms with Crippen LogP contribution < -0.4 is 4.90 Å². The van der Waals surface area contributed by atoms with Crippen LogP contribution in [0.1, 0.15) is 12.5 Å². The summed E-state index contributed by atoms with van der Waals surface area (Å²) in [6.07, 6.45) is 4.31. The van der Waals surface area contributed by atoms with Crippen molar-refractivity contribution < 1.29 is 9.18 Å². The number of anilines is 1. The van der Waals surface area contributed by atoms with Gasteiger partial charge in [0.2, 0.25) is 5.91 Å². The van der Waals surface area contributed by atoms with Crippen LogP contribution in [0.2, 0.25) is 0 Å². The normalized spacial score (nSPS) is 15.9. The number of rotatable bonds is 4. The van der Waals surface area contributed by atoms with Gasteiger partial charge < -0.3 is 4.90 Å². The summed E-state index contributed by atoms with van der Waals surface area (Å²) in [6, 6.07) is 14.5. The van der Waals surface area contributed by atoms with Crippen molar-refractivity contribution in [3.63, 3.8) is 0 Å². The third-order valence-electron chi connectivity index (χ3n) is 4.49. The summed E-state index contributed by atoms with van der Waals surface area (Å²) in [5.41, 5.74) is 2.90. The van der Waals surface area contributed by atoms with Gasteiger partial charge in [0, 0.05) is 24.1 Å². The topological polar surface area (TPSA) is 38.1 Å². The molecule has 0 fully saturated rings. The summed E-state index contributed by atoms with van der Waals surface area (Å²) in [4.78, 5) is 19.0. The largest absolute Gasteiger partial charge is 0.308 e. The first-order chi connectivity index (χ1) is 12.6. The minimum absolute atomic E-state index is 0.0567. The van der Waals surface area contributed by atoms with Crippen molar-refractivity contribution in [2.24, 2.45) is 0 Å². The number of thioether (sulfide) groups is 1. The van der Waals surface area contributed by atoms with Gasteiger partial charge in [0.05, 0.1) is 11.4 Å². The van der Waals surface area contributed by atoms with Gasteiger partial charge in [0.1, 0.15) is 5.82 Å². The molecule has 0 saturated carbocycles. The first-order valence-corrected chi connectivity index (χ1v) is 9.44. The summed E-state index contributed by atoms with van der Waals surface area (Å²) < 4.78 is 15.3. The number of aromatic nitrogens is 2. The van der Waals surface area contributed by atoms with Gasteiger partial charge in [-0.25, -0.2) is 9.37 Å². The third kappa shape index (κ3) is 3.12. The Balaban J connectivity index is 1.51. The number of para-hydroxylation sites is 1. The predicted octanol–water partition coefficient (Wildman–Crippen LogP) is 4.08. The maximum Gasteiger partial charge on any atom is 0.237 e. The quantitative estimate of drug-likeness (QED) is 0.652. The Morgan fingerprint density at radius 1 is 1.27 bits per heavy atom. The molecule has 0 saturated heterocycles. The van der Waals surface area contributed by atoms with Crippen molar-refractivity contribution >= 4 is 23.4 Å². The summed E-state index contributed by atoms with van der Waals surface area (Å²) in [7, 11) is 0. The monoisotopic (exact) mass is 367 g/mol. The number of carbonyl (C=O) groups is 1. The van der Waals surface area contributed by atoms with Crippen molar-refractivity contribution in [3.05, 3.63) is 72.3 Å². The summed E-state index contributed by atoms with van der Waals surface area (Å²) in [6.45, 7) is 2.07. The van der Waals surface area contributed by atoms with Crippen molar-refractivity contribution in [1.82, 2.24) is 9.55 Å².